The summed E-state index contributed by atoms with van der Waals surface area (Å²) in [7, 11) is 0. The topological polar surface area (TPSA) is 117 Å². The number of nitrogens with two attached hydrogens (primary N) is 1. The van der Waals surface area contributed by atoms with Crippen molar-refractivity contribution in [2.75, 3.05) is 39.3 Å². The standard InChI is InChI=1S/C14H27N5O3/c1-2-6-17-14(22)18-12(20)10-19-8-3-4-11(9-19)13(21)16-7-5-15/h11H,2-10,15H2,1H3,(H,16,21)(H2,17,18,20,22). The Morgan fingerprint density at radius 1 is 1.23 bits per heavy atom. The second kappa shape index (κ2) is 10.1. The summed E-state index contributed by atoms with van der Waals surface area (Å²) in [6, 6.07) is -0.471. The quantitative estimate of drug-likeness (QED) is 0.481. The highest BCUT2D eigenvalue weighted by Crippen LogP contribution is 2.16. The van der Waals surface area contributed by atoms with Crippen molar-refractivity contribution in [3.63, 3.8) is 0 Å². The van der Waals surface area contributed by atoms with Crippen LogP contribution in [0.25, 0.3) is 0 Å². The van der Waals surface area contributed by atoms with E-state index in [2.05, 4.69) is 16.0 Å². The largest absolute Gasteiger partial charge is 0.355 e. The van der Waals surface area contributed by atoms with Gasteiger partial charge in [-0.25, -0.2) is 4.79 Å². The third-order valence-corrected chi connectivity index (χ3v) is 3.48. The van der Waals surface area contributed by atoms with Gasteiger partial charge >= 0.3 is 6.03 Å². The van der Waals surface area contributed by atoms with E-state index in [9.17, 15) is 14.4 Å². The maximum atomic E-state index is 11.9. The van der Waals surface area contributed by atoms with Crippen LogP contribution in [0.4, 0.5) is 4.79 Å². The highest BCUT2D eigenvalue weighted by molar-refractivity contribution is 5.95. The Morgan fingerprint density at radius 2 is 2.00 bits per heavy atom. The number of rotatable bonds is 7. The van der Waals surface area contributed by atoms with Gasteiger partial charge in [0.15, 0.2) is 0 Å². The molecule has 22 heavy (non-hydrogen) atoms. The Hall–Kier alpha value is -1.67. The molecule has 8 nitrogen and oxygen atoms in total. The van der Waals surface area contributed by atoms with E-state index in [0.717, 1.165) is 25.8 Å². The van der Waals surface area contributed by atoms with Gasteiger partial charge in [-0.3, -0.25) is 19.8 Å². The van der Waals surface area contributed by atoms with Crippen molar-refractivity contribution in [2.45, 2.75) is 26.2 Å². The van der Waals surface area contributed by atoms with E-state index >= 15 is 0 Å². The average molecular weight is 313 g/mol. The molecular formula is C14H27N5O3. The zero-order chi connectivity index (χ0) is 16.4. The Kier molecular flexibility index (Phi) is 8.46. The molecule has 0 radical (unpaired) electrons. The number of nitrogens with zero attached hydrogens (tertiary/aromatic N) is 1. The summed E-state index contributed by atoms with van der Waals surface area (Å²) in [5, 5.41) is 7.65. The van der Waals surface area contributed by atoms with Gasteiger partial charge in [-0.1, -0.05) is 6.92 Å². The van der Waals surface area contributed by atoms with E-state index < -0.39 is 6.03 Å². The second-order valence-corrected chi connectivity index (χ2v) is 5.46. The van der Waals surface area contributed by atoms with E-state index in [1.54, 1.807) is 0 Å². The van der Waals surface area contributed by atoms with E-state index in [1.165, 1.54) is 0 Å². The minimum atomic E-state index is -0.471. The molecule has 1 rings (SSSR count). The van der Waals surface area contributed by atoms with Gasteiger partial charge in [-0.2, -0.15) is 0 Å². The monoisotopic (exact) mass is 313 g/mol. The molecule has 1 saturated heterocycles. The van der Waals surface area contributed by atoms with Gasteiger partial charge in [0, 0.05) is 26.2 Å². The van der Waals surface area contributed by atoms with Crippen molar-refractivity contribution in [2.24, 2.45) is 11.7 Å². The number of nitrogens with one attached hydrogen (secondary N) is 3. The first-order valence-electron chi connectivity index (χ1n) is 7.84. The molecule has 1 aliphatic heterocycles. The Balaban J connectivity index is 2.34. The van der Waals surface area contributed by atoms with Crippen molar-refractivity contribution in [1.82, 2.24) is 20.9 Å². The van der Waals surface area contributed by atoms with Gasteiger partial charge in [-0.05, 0) is 25.8 Å². The smallest absolute Gasteiger partial charge is 0.321 e. The molecule has 4 amide bonds. The molecule has 0 saturated carbocycles. The summed E-state index contributed by atoms with van der Waals surface area (Å²) in [4.78, 5) is 37.0. The molecule has 5 N–H and O–H groups in total. The maximum Gasteiger partial charge on any atom is 0.321 e. The molecule has 0 aromatic carbocycles. The van der Waals surface area contributed by atoms with Crippen molar-refractivity contribution < 1.29 is 14.4 Å². The van der Waals surface area contributed by atoms with Gasteiger partial charge in [0.05, 0.1) is 12.5 Å². The first-order chi connectivity index (χ1) is 10.6. The van der Waals surface area contributed by atoms with Gasteiger partial charge in [0.1, 0.15) is 0 Å². The summed E-state index contributed by atoms with van der Waals surface area (Å²) >= 11 is 0. The number of hydrogen-bond donors (Lipinski definition) is 4. The third kappa shape index (κ3) is 6.86. The van der Waals surface area contributed by atoms with Gasteiger partial charge in [0.2, 0.25) is 11.8 Å². The van der Waals surface area contributed by atoms with Crippen LogP contribution >= 0.6 is 0 Å². The first kappa shape index (κ1) is 18.4. The lowest BCUT2D eigenvalue weighted by atomic mass is 9.97. The van der Waals surface area contributed by atoms with Gasteiger partial charge in [-0.15, -0.1) is 0 Å². The molecule has 1 aliphatic rings. The summed E-state index contributed by atoms with van der Waals surface area (Å²) in [6.07, 6.45) is 2.48. The normalized spacial score (nSPS) is 18.5. The number of amides is 4. The summed E-state index contributed by atoms with van der Waals surface area (Å²) in [5.41, 5.74) is 5.36. The summed E-state index contributed by atoms with van der Waals surface area (Å²) < 4.78 is 0. The van der Waals surface area contributed by atoms with Crippen molar-refractivity contribution >= 4 is 17.8 Å². The van der Waals surface area contributed by atoms with Crippen molar-refractivity contribution in [3.8, 4) is 0 Å². The highest BCUT2D eigenvalue weighted by Gasteiger charge is 2.26. The number of likely N-dealkylation sites (tertiary alicyclic amines) is 1. The third-order valence-electron chi connectivity index (χ3n) is 3.48. The van der Waals surface area contributed by atoms with Crippen LogP contribution in [0.3, 0.4) is 0 Å². The average Bonchev–Trinajstić information content (AvgIpc) is 2.50. The van der Waals surface area contributed by atoms with Crippen LogP contribution in [0.5, 0.6) is 0 Å². The molecule has 8 heteroatoms. The molecule has 0 aromatic rings. The van der Waals surface area contributed by atoms with Crippen LogP contribution in [0.2, 0.25) is 0 Å². The highest BCUT2D eigenvalue weighted by atomic mass is 16.2. The Labute approximate surface area is 131 Å². The van der Waals surface area contributed by atoms with Crippen LogP contribution in [0.15, 0.2) is 0 Å². The molecule has 1 unspecified atom stereocenters. The van der Waals surface area contributed by atoms with E-state index in [1.807, 2.05) is 11.8 Å². The molecule has 0 bridgehead atoms. The number of piperidine rings is 1. The van der Waals surface area contributed by atoms with E-state index in [0.29, 0.717) is 26.2 Å². The van der Waals surface area contributed by atoms with E-state index in [4.69, 9.17) is 5.73 Å². The fourth-order valence-electron chi connectivity index (χ4n) is 2.40. The molecule has 1 atom stereocenters. The predicted molar refractivity (Wildman–Crippen MR) is 83.1 cm³/mol. The fraction of sp³-hybridized carbons (Fsp3) is 0.786. The molecule has 126 valence electrons. The number of carbonyl (C=O) groups excluding carboxylic acids is 3. The Morgan fingerprint density at radius 3 is 2.68 bits per heavy atom. The van der Waals surface area contributed by atoms with Crippen LogP contribution in [-0.4, -0.2) is 62.0 Å². The number of urea groups is 1. The summed E-state index contributed by atoms with van der Waals surface area (Å²) in [5.74, 6) is -0.491. The predicted octanol–water partition coefficient (Wildman–Crippen LogP) is -0.991. The molecular weight excluding hydrogens is 286 g/mol. The zero-order valence-electron chi connectivity index (χ0n) is 13.2. The lowest BCUT2D eigenvalue weighted by Gasteiger charge is -2.31. The van der Waals surface area contributed by atoms with Crippen molar-refractivity contribution in [1.29, 1.82) is 0 Å². The lowest BCUT2D eigenvalue weighted by Crippen LogP contribution is -2.49. The minimum absolute atomic E-state index is 0.0174. The van der Waals surface area contributed by atoms with Crippen LogP contribution < -0.4 is 21.7 Å². The minimum Gasteiger partial charge on any atom is -0.355 e. The van der Waals surface area contributed by atoms with Crippen LogP contribution in [-0.2, 0) is 9.59 Å². The molecule has 0 aromatic heterocycles. The number of imide groups is 1. The van der Waals surface area contributed by atoms with Gasteiger partial charge < -0.3 is 16.4 Å². The lowest BCUT2D eigenvalue weighted by molar-refractivity contribution is -0.128. The maximum absolute atomic E-state index is 11.9. The molecule has 1 heterocycles. The number of hydrogen-bond acceptors (Lipinski definition) is 5. The molecule has 1 fully saturated rings. The number of carbonyl (C=O) groups is 3. The zero-order valence-corrected chi connectivity index (χ0v) is 13.2. The molecule has 0 aliphatic carbocycles. The summed E-state index contributed by atoms with van der Waals surface area (Å²) in [6.45, 7) is 4.76. The van der Waals surface area contributed by atoms with Crippen molar-refractivity contribution in [3.05, 3.63) is 0 Å². The van der Waals surface area contributed by atoms with E-state index in [-0.39, 0.29) is 24.3 Å². The first-order valence-corrected chi connectivity index (χ1v) is 7.84. The fourth-order valence-corrected chi connectivity index (χ4v) is 2.40. The molecule has 0 spiro atoms. The SMILES string of the molecule is CCCNC(=O)NC(=O)CN1CCCC(C(=O)NCCN)C1. The Bertz CT molecular complexity index is 389. The van der Waals surface area contributed by atoms with Crippen LogP contribution in [0.1, 0.15) is 26.2 Å². The van der Waals surface area contributed by atoms with Gasteiger partial charge in [0.25, 0.3) is 0 Å². The van der Waals surface area contributed by atoms with Crippen LogP contribution in [0, 0.1) is 5.92 Å². The second-order valence-electron chi connectivity index (χ2n) is 5.46.